The predicted molar refractivity (Wildman–Crippen MR) is 113 cm³/mol. The summed E-state index contributed by atoms with van der Waals surface area (Å²) in [6, 6.07) is 10.6. The highest BCUT2D eigenvalue weighted by Gasteiger charge is 2.12. The first kappa shape index (κ1) is 21.9. The normalized spacial score (nSPS) is 10.3. The molecule has 28 heavy (non-hydrogen) atoms. The molecule has 0 aliphatic carbocycles. The first-order chi connectivity index (χ1) is 13.2. The van der Waals surface area contributed by atoms with E-state index in [-0.39, 0.29) is 18.7 Å². The van der Waals surface area contributed by atoms with Gasteiger partial charge in [0.15, 0.2) is 6.61 Å². The van der Waals surface area contributed by atoms with E-state index in [4.69, 9.17) is 16.3 Å². The number of carbonyl (C=O) groups excluding carboxylic acids is 3. The van der Waals surface area contributed by atoms with Crippen molar-refractivity contribution in [2.75, 3.05) is 17.2 Å². The lowest BCUT2D eigenvalue weighted by Crippen LogP contribution is -2.21. The fourth-order valence-corrected chi connectivity index (χ4v) is 2.80. The second-order valence-electron chi connectivity index (χ2n) is 6.20. The molecule has 0 fully saturated rings. The summed E-state index contributed by atoms with van der Waals surface area (Å²) in [5.74, 6) is -1.41. The van der Waals surface area contributed by atoms with E-state index in [0.29, 0.717) is 20.9 Å². The fraction of sp³-hybridized carbons (Fsp3) is 0.250. The van der Waals surface area contributed by atoms with Gasteiger partial charge in [0.2, 0.25) is 5.91 Å². The summed E-state index contributed by atoms with van der Waals surface area (Å²) in [6.07, 6.45) is -0.149. The molecule has 2 amide bonds. The Morgan fingerprint density at radius 3 is 2.43 bits per heavy atom. The minimum Gasteiger partial charge on any atom is -0.456 e. The lowest BCUT2D eigenvalue weighted by molar-refractivity contribution is -0.147. The van der Waals surface area contributed by atoms with Crippen molar-refractivity contribution in [1.82, 2.24) is 0 Å². The van der Waals surface area contributed by atoms with Gasteiger partial charge in [-0.1, -0.05) is 29.3 Å². The van der Waals surface area contributed by atoms with Crippen LogP contribution in [0.15, 0.2) is 40.9 Å². The molecular weight excluding hydrogens is 448 g/mol. The summed E-state index contributed by atoms with van der Waals surface area (Å²) in [6.45, 7) is 3.43. The molecule has 0 heterocycles. The molecule has 8 heteroatoms. The largest absolute Gasteiger partial charge is 0.456 e. The van der Waals surface area contributed by atoms with Crippen molar-refractivity contribution >= 4 is 56.7 Å². The van der Waals surface area contributed by atoms with Crippen molar-refractivity contribution in [2.45, 2.75) is 26.7 Å². The SMILES string of the molecule is Cc1ccc(NC(=O)CCC(=O)OCC(=O)Nc2ccc(Br)c(Cl)c2)c(C)c1. The molecule has 6 nitrogen and oxygen atoms in total. The average Bonchev–Trinajstić information content (AvgIpc) is 2.63. The number of anilines is 2. The van der Waals surface area contributed by atoms with Crippen molar-refractivity contribution in [3.8, 4) is 0 Å². The van der Waals surface area contributed by atoms with Gasteiger partial charge < -0.3 is 15.4 Å². The highest BCUT2D eigenvalue weighted by atomic mass is 79.9. The third-order valence-corrected chi connectivity index (χ3v) is 5.01. The Morgan fingerprint density at radius 1 is 1.00 bits per heavy atom. The van der Waals surface area contributed by atoms with Gasteiger partial charge in [0, 0.05) is 22.3 Å². The molecule has 2 N–H and O–H groups in total. The summed E-state index contributed by atoms with van der Waals surface area (Å²) < 4.78 is 5.60. The average molecular weight is 468 g/mol. The Hall–Kier alpha value is -2.38. The van der Waals surface area contributed by atoms with Crippen LogP contribution in [0.5, 0.6) is 0 Å². The number of carbonyl (C=O) groups is 3. The van der Waals surface area contributed by atoms with E-state index < -0.39 is 18.5 Å². The number of halogens is 2. The highest BCUT2D eigenvalue weighted by molar-refractivity contribution is 9.10. The van der Waals surface area contributed by atoms with E-state index in [1.807, 2.05) is 32.0 Å². The van der Waals surface area contributed by atoms with Gasteiger partial charge in [0.25, 0.3) is 5.91 Å². The van der Waals surface area contributed by atoms with Crippen LogP contribution in [0.4, 0.5) is 11.4 Å². The zero-order chi connectivity index (χ0) is 20.7. The van der Waals surface area contributed by atoms with Crippen molar-refractivity contribution in [3.63, 3.8) is 0 Å². The number of rotatable bonds is 7. The van der Waals surface area contributed by atoms with Crippen molar-refractivity contribution in [3.05, 3.63) is 57.0 Å². The zero-order valence-corrected chi connectivity index (χ0v) is 17.8. The standard InChI is InChI=1S/C20H20BrClN2O4/c1-12-3-6-17(13(2)9-12)24-18(25)7-8-20(27)28-11-19(26)23-14-4-5-15(21)16(22)10-14/h3-6,9-10H,7-8,11H2,1-2H3,(H,23,26)(H,24,25). The van der Waals surface area contributed by atoms with Gasteiger partial charge in [-0.2, -0.15) is 0 Å². The molecule has 0 unspecified atom stereocenters. The van der Waals surface area contributed by atoms with Gasteiger partial charge in [-0.3, -0.25) is 14.4 Å². The maximum atomic E-state index is 12.0. The molecule has 0 atom stereocenters. The number of ether oxygens (including phenoxy) is 1. The van der Waals surface area contributed by atoms with E-state index in [9.17, 15) is 14.4 Å². The molecule has 0 bridgehead atoms. The molecule has 0 spiro atoms. The third kappa shape index (κ3) is 6.98. The number of amides is 2. The summed E-state index contributed by atoms with van der Waals surface area (Å²) in [5, 5.41) is 5.78. The molecule has 0 saturated heterocycles. The number of nitrogens with one attached hydrogen (secondary N) is 2. The summed E-state index contributed by atoms with van der Waals surface area (Å²) in [7, 11) is 0. The Labute approximate surface area is 176 Å². The van der Waals surface area contributed by atoms with E-state index in [0.717, 1.165) is 11.1 Å². The van der Waals surface area contributed by atoms with Crippen LogP contribution in [-0.4, -0.2) is 24.4 Å². The van der Waals surface area contributed by atoms with Gasteiger partial charge in [-0.05, 0) is 59.6 Å². The van der Waals surface area contributed by atoms with Crippen molar-refractivity contribution in [1.29, 1.82) is 0 Å². The molecule has 2 aromatic rings. The van der Waals surface area contributed by atoms with Crippen molar-refractivity contribution < 1.29 is 19.1 Å². The van der Waals surface area contributed by atoms with Crippen LogP contribution in [0, 0.1) is 13.8 Å². The van der Waals surface area contributed by atoms with Crippen LogP contribution in [0.2, 0.25) is 5.02 Å². The predicted octanol–water partition coefficient (Wildman–Crippen LogP) is 4.62. The molecule has 0 saturated carbocycles. The quantitative estimate of drug-likeness (QED) is 0.582. The lowest BCUT2D eigenvalue weighted by atomic mass is 10.1. The number of hydrogen-bond acceptors (Lipinski definition) is 4. The van der Waals surface area contributed by atoms with E-state index >= 15 is 0 Å². The van der Waals surface area contributed by atoms with Crippen molar-refractivity contribution in [2.24, 2.45) is 0 Å². The van der Waals surface area contributed by atoms with Gasteiger partial charge >= 0.3 is 5.97 Å². The minimum absolute atomic E-state index is 0.0317. The molecular formula is C20H20BrClN2O4. The molecule has 0 aliphatic heterocycles. The number of aryl methyl sites for hydroxylation is 2. The van der Waals surface area contributed by atoms with E-state index in [1.54, 1.807) is 18.2 Å². The van der Waals surface area contributed by atoms with Gasteiger partial charge in [-0.25, -0.2) is 0 Å². The molecule has 0 aromatic heterocycles. The molecule has 2 rings (SSSR count). The summed E-state index contributed by atoms with van der Waals surface area (Å²) >= 11 is 9.21. The molecule has 0 aliphatic rings. The summed E-state index contributed by atoms with van der Waals surface area (Å²) in [5.41, 5.74) is 3.24. The van der Waals surface area contributed by atoms with Crippen LogP contribution in [0.3, 0.4) is 0 Å². The molecule has 0 radical (unpaired) electrons. The molecule has 148 valence electrons. The first-order valence-electron chi connectivity index (χ1n) is 8.52. The second-order valence-corrected chi connectivity index (χ2v) is 7.47. The van der Waals surface area contributed by atoms with Gasteiger partial charge in [0.1, 0.15) is 0 Å². The third-order valence-electron chi connectivity index (χ3n) is 3.78. The van der Waals surface area contributed by atoms with Crippen LogP contribution in [-0.2, 0) is 19.1 Å². The Morgan fingerprint density at radius 2 is 1.75 bits per heavy atom. The highest BCUT2D eigenvalue weighted by Crippen LogP contribution is 2.25. The summed E-state index contributed by atoms with van der Waals surface area (Å²) in [4.78, 5) is 35.6. The Kier molecular flexibility index (Phi) is 8.02. The maximum Gasteiger partial charge on any atom is 0.306 e. The van der Waals surface area contributed by atoms with Crippen LogP contribution in [0.25, 0.3) is 0 Å². The fourth-order valence-electron chi connectivity index (χ4n) is 2.37. The topological polar surface area (TPSA) is 84.5 Å². The second kappa shape index (κ2) is 10.2. The number of esters is 1. The van der Waals surface area contributed by atoms with Crippen LogP contribution in [0.1, 0.15) is 24.0 Å². The van der Waals surface area contributed by atoms with Crippen LogP contribution >= 0.6 is 27.5 Å². The Bertz CT molecular complexity index is 902. The first-order valence-corrected chi connectivity index (χ1v) is 9.69. The van der Waals surface area contributed by atoms with E-state index in [1.165, 1.54) is 0 Å². The number of benzene rings is 2. The maximum absolute atomic E-state index is 12.0. The smallest absolute Gasteiger partial charge is 0.306 e. The zero-order valence-electron chi connectivity index (χ0n) is 15.5. The minimum atomic E-state index is -0.625. The Balaban J connectivity index is 1.72. The van der Waals surface area contributed by atoms with Gasteiger partial charge in [0.05, 0.1) is 11.4 Å². The van der Waals surface area contributed by atoms with E-state index in [2.05, 4.69) is 26.6 Å². The monoisotopic (exact) mass is 466 g/mol. The number of hydrogen-bond donors (Lipinski definition) is 2. The lowest BCUT2D eigenvalue weighted by Gasteiger charge is -2.09. The van der Waals surface area contributed by atoms with Gasteiger partial charge in [-0.15, -0.1) is 0 Å². The molecule has 2 aromatic carbocycles. The van der Waals surface area contributed by atoms with Crippen LogP contribution < -0.4 is 10.6 Å².